The van der Waals surface area contributed by atoms with E-state index in [9.17, 15) is 14.4 Å². The summed E-state index contributed by atoms with van der Waals surface area (Å²) in [5, 5.41) is 14.5. The first-order chi connectivity index (χ1) is 26.8. The lowest BCUT2D eigenvalue weighted by Gasteiger charge is -2.16. The van der Waals surface area contributed by atoms with Crippen LogP contribution in [0.4, 0.5) is 0 Å². The molecule has 0 unspecified atom stereocenters. The summed E-state index contributed by atoms with van der Waals surface area (Å²) in [5.74, 6) is 0.915. The normalized spacial score (nSPS) is 16.9. The number of halogens is 2. The zero-order valence-electron chi connectivity index (χ0n) is 30.1. The Morgan fingerprint density at radius 2 is 1.42 bits per heavy atom. The molecule has 5 heterocycles. The van der Waals surface area contributed by atoms with Gasteiger partial charge in [-0.05, 0) is 48.7 Å². The fourth-order valence-electron chi connectivity index (χ4n) is 7.48. The number of fused-ring (bicyclic) bond motifs is 2. The van der Waals surface area contributed by atoms with Gasteiger partial charge in [-0.25, -0.2) is 9.97 Å². The molecule has 2 aliphatic rings. The average molecular weight is 777 g/mol. The van der Waals surface area contributed by atoms with E-state index in [4.69, 9.17) is 32.9 Å². The molecule has 280 valence electrons. The molecule has 2 aliphatic heterocycles. The van der Waals surface area contributed by atoms with Crippen molar-refractivity contribution in [2.75, 3.05) is 20.2 Å². The maximum absolute atomic E-state index is 13.3. The molecule has 13 heteroatoms. The van der Waals surface area contributed by atoms with E-state index >= 15 is 0 Å². The van der Waals surface area contributed by atoms with E-state index < -0.39 is 0 Å². The van der Waals surface area contributed by atoms with E-state index in [0.717, 1.165) is 62.9 Å². The van der Waals surface area contributed by atoms with E-state index in [1.807, 2.05) is 72.8 Å². The van der Waals surface area contributed by atoms with Gasteiger partial charge in [-0.2, -0.15) is 0 Å². The molecule has 3 aromatic carbocycles. The Labute approximate surface area is 327 Å². The number of pyridine rings is 2. The van der Waals surface area contributed by atoms with Crippen molar-refractivity contribution in [1.82, 2.24) is 35.6 Å². The lowest BCUT2D eigenvalue weighted by molar-refractivity contribution is -0.120. The van der Waals surface area contributed by atoms with Crippen LogP contribution in [-0.4, -0.2) is 58.5 Å². The second-order valence-corrected chi connectivity index (χ2v) is 14.7. The van der Waals surface area contributed by atoms with Crippen LogP contribution in [0.3, 0.4) is 0 Å². The number of carbonyl (C=O) groups excluding carboxylic acids is 2. The molecule has 2 saturated heterocycles. The van der Waals surface area contributed by atoms with Crippen molar-refractivity contribution < 1.29 is 14.3 Å². The maximum Gasteiger partial charge on any atom is 0.262 e. The number of rotatable bonds is 12. The number of nitrogens with zero attached hydrogens (tertiary/aromatic N) is 3. The highest BCUT2D eigenvalue weighted by atomic mass is 35.5. The van der Waals surface area contributed by atoms with Gasteiger partial charge < -0.3 is 26.0 Å². The van der Waals surface area contributed by atoms with Gasteiger partial charge in [-0.1, -0.05) is 65.7 Å². The van der Waals surface area contributed by atoms with Gasteiger partial charge in [-0.3, -0.25) is 18.8 Å². The van der Waals surface area contributed by atoms with E-state index in [-0.39, 0.29) is 29.5 Å². The molecular formula is C42H39Cl2N7O4. The molecule has 55 heavy (non-hydrogen) atoms. The number of ether oxygens (including phenoxy) is 1. The minimum absolute atomic E-state index is 0.0610. The molecule has 0 saturated carbocycles. The van der Waals surface area contributed by atoms with Crippen LogP contribution in [-0.2, 0) is 22.7 Å². The fourth-order valence-corrected chi connectivity index (χ4v) is 8.14. The Morgan fingerprint density at radius 3 is 2.07 bits per heavy atom. The van der Waals surface area contributed by atoms with Crippen LogP contribution in [0.25, 0.3) is 50.1 Å². The molecule has 8 rings (SSSR count). The minimum Gasteiger partial charge on any atom is -0.496 e. The lowest BCUT2D eigenvalue weighted by Crippen LogP contribution is -2.36. The third kappa shape index (κ3) is 7.53. The third-order valence-corrected chi connectivity index (χ3v) is 11.2. The minimum atomic E-state index is -0.159. The van der Waals surface area contributed by atoms with Gasteiger partial charge in [0, 0.05) is 102 Å². The molecule has 4 N–H and O–H groups in total. The van der Waals surface area contributed by atoms with Gasteiger partial charge in [0.1, 0.15) is 11.4 Å². The second-order valence-electron chi connectivity index (χ2n) is 14.0. The number of hydrogen-bond donors (Lipinski definition) is 4. The quantitative estimate of drug-likeness (QED) is 0.114. The van der Waals surface area contributed by atoms with Crippen LogP contribution in [0.15, 0.2) is 90.0 Å². The molecule has 6 aromatic rings. The molecule has 3 aromatic heterocycles. The van der Waals surface area contributed by atoms with E-state index in [1.165, 1.54) is 4.40 Å². The Kier molecular flexibility index (Phi) is 10.5. The summed E-state index contributed by atoms with van der Waals surface area (Å²) in [6.45, 7) is 2.23. The van der Waals surface area contributed by atoms with Crippen LogP contribution in [0.1, 0.15) is 36.8 Å². The second kappa shape index (κ2) is 15.8. The Bertz CT molecular complexity index is 2520. The highest BCUT2D eigenvalue weighted by Gasteiger charge is 2.22. The summed E-state index contributed by atoms with van der Waals surface area (Å²) in [7, 11) is 1.66. The van der Waals surface area contributed by atoms with Crippen molar-refractivity contribution in [2.24, 2.45) is 0 Å². The summed E-state index contributed by atoms with van der Waals surface area (Å²) in [4.78, 5) is 45.9. The van der Waals surface area contributed by atoms with Gasteiger partial charge in [0.05, 0.1) is 28.4 Å². The maximum atomic E-state index is 13.3. The largest absolute Gasteiger partial charge is 0.496 e. The van der Waals surface area contributed by atoms with Crippen LogP contribution >= 0.6 is 23.2 Å². The Balaban J connectivity index is 1.03. The van der Waals surface area contributed by atoms with E-state index in [1.54, 1.807) is 19.5 Å². The summed E-state index contributed by atoms with van der Waals surface area (Å²) in [5.41, 5.74) is 7.22. The standard InChI is InChI=1S/C42H39Cl2N7O4/c1-55-41-25(19-45-22-27-9-14-37(52)48-27)8-12-35-33(41)11-13-34(50-35)32-7-3-6-31(40(32)44)30-5-2-4-29(39(30)43)24-16-17-51-36(18-24)47-21-26(42(51)54)20-46-23-28-10-15-38(53)49-28/h2-8,11-13,16-18,21,27-28,45-46H,9-10,14-15,19-20,22-23H2,1H3,(H,48,52)(H,49,53)/t27-,28-/m0/s1. The zero-order chi connectivity index (χ0) is 38.1. The van der Waals surface area contributed by atoms with Crippen LogP contribution in [0.2, 0.25) is 10.0 Å². The highest BCUT2D eigenvalue weighted by molar-refractivity contribution is 6.39. The van der Waals surface area contributed by atoms with Gasteiger partial charge in [-0.15, -0.1) is 0 Å². The first-order valence-corrected chi connectivity index (χ1v) is 19.1. The summed E-state index contributed by atoms with van der Waals surface area (Å²) in [6, 6.07) is 23.5. The summed E-state index contributed by atoms with van der Waals surface area (Å²) < 4.78 is 7.38. The number of aromatic nitrogens is 3. The van der Waals surface area contributed by atoms with Crippen molar-refractivity contribution in [3.63, 3.8) is 0 Å². The van der Waals surface area contributed by atoms with Gasteiger partial charge >= 0.3 is 0 Å². The molecule has 11 nitrogen and oxygen atoms in total. The van der Waals surface area contributed by atoms with Crippen LogP contribution in [0, 0.1) is 0 Å². The predicted molar refractivity (Wildman–Crippen MR) is 215 cm³/mol. The number of carbonyl (C=O) groups is 2. The van der Waals surface area contributed by atoms with E-state index in [2.05, 4.69) is 26.3 Å². The monoisotopic (exact) mass is 775 g/mol. The topological polar surface area (TPSA) is 139 Å². The first kappa shape index (κ1) is 36.6. The smallest absolute Gasteiger partial charge is 0.262 e. The molecular weight excluding hydrogens is 737 g/mol. The zero-order valence-corrected chi connectivity index (χ0v) is 31.6. The van der Waals surface area contributed by atoms with Gasteiger partial charge in [0.15, 0.2) is 0 Å². The van der Waals surface area contributed by atoms with Crippen molar-refractivity contribution in [3.05, 3.63) is 117 Å². The number of methoxy groups -OCH3 is 1. The SMILES string of the molecule is COc1c(CNC[C@@H]2CCC(=O)N2)ccc2nc(-c3cccc(-c4cccc(-c5ccn6c(=O)c(CNC[C@@H]7CCC(=O)N7)cnc6c5)c4Cl)c3Cl)ccc12. The van der Waals surface area contributed by atoms with Gasteiger partial charge in [0.2, 0.25) is 11.8 Å². The molecule has 2 atom stereocenters. The first-order valence-electron chi connectivity index (χ1n) is 18.3. The molecule has 2 amide bonds. The Morgan fingerprint density at radius 1 is 0.782 bits per heavy atom. The van der Waals surface area contributed by atoms with Gasteiger partial charge in [0.25, 0.3) is 5.56 Å². The molecule has 0 spiro atoms. The average Bonchev–Trinajstić information content (AvgIpc) is 3.82. The molecule has 0 aliphatic carbocycles. The van der Waals surface area contributed by atoms with Crippen molar-refractivity contribution in [1.29, 1.82) is 0 Å². The third-order valence-electron chi connectivity index (χ3n) is 10.3. The number of amides is 2. The van der Waals surface area contributed by atoms with Crippen LogP contribution < -0.4 is 31.6 Å². The predicted octanol–water partition coefficient (Wildman–Crippen LogP) is 6.30. The fraction of sp³-hybridized carbons (Fsp3) is 0.262. The number of benzene rings is 3. The molecule has 0 bridgehead atoms. The molecule has 2 fully saturated rings. The summed E-state index contributed by atoms with van der Waals surface area (Å²) >= 11 is 14.3. The number of hydrogen-bond acceptors (Lipinski definition) is 8. The van der Waals surface area contributed by atoms with Crippen molar-refractivity contribution >= 4 is 51.6 Å². The van der Waals surface area contributed by atoms with Crippen LogP contribution in [0.5, 0.6) is 5.75 Å². The summed E-state index contributed by atoms with van der Waals surface area (Å²) in [6.07, 6.45) is 6.05. The van der Waals surface area contributed by atoms with Crippen molar-refractivity contribution in [2.45, 2.75) is 50.9 Å². The highest BCUT2D eigenvalue weighted by Crippen LogP contribution is 2.42. The molecule has 0 radical (unpaired) electrons. The Hall–Kier alpha value is -5.33. The van der Waals surface area contributed by atoms with E-state index in [0.29, 0.717) is 66.0 Å². The number of nitrogens with one attached hydrogen (secondary N) is 4. The van der Waals surface area contributed by atoms with Crippen molar-refractivity contribution in [3.8, 4) is 39.3 Å². The lowest BCUT2D eigenvalue weighted by atomic mass is 9.97.